The van der Waals surface area contributed by atoms with E-state index in [2.05, 4.69) is 5.10 Å². The van der Waals surface area contributed by atoms with Crippen molar-refractivity contribution in [2.24, 2.45) is 0 Å². The zero-order valence-corrected chi connectivity index (χ0v) is 16.1. The summed E-state index contributed by atoms with van der Waals surface area (Å²) in [6.45, 7) is 0.370. The van der Waals surface area contributed by atoms with Crippen molar-refractivity contribution in [3.05, 3.63) is 58.2 Å². The molecular formula is C15H16IN4O6-. The summed E-state index contributed by atoms with van der Waals surface area (Å²) in [4.78, 5) is 51.6. The van der Waals surface area contributed by atoms with Gasteiger partial charge in [0.15, 0.2) is 0 Å². The molecule has 0 spiro atoms. The third-order valence-corrected chi connectivity index (χ3v) is 6.77. The molecule has 11 heteroatoms. The average Bonchev–Trinajstić information content (AvgIpc) is 2.92. The second-order valence-corrected chi connectivity index (χ2v) is 8.96. The molecule has 0 saturated heterocycles. The molecule has 2 N–H and O–H groups in total. The summed E-state index contributed by atoms with van der Waals surface area (Å²) < 4.78 is 0.723. The number of aryl methyl sites for hydroxylation is 1. The van der Waals surface area contributed by atoms with Gasteiger partial charge in [-0.1, -0.05) is 0 Å². The number of aromatic nitrogens is 3. The maximum absolute atomic E-state index is 12.8. The number of rotatable bonds is 5. The van der Waals surface area contributed by atoms with Gasteiger partial charge in [0.05, 0.1) is 0 Å². The van der Waals surface area contributed by atoms with E-state index in [1.54, 1.807) is 7.05 Å². The van der Waals surface area contributed by atoms with E-state index >= 15 is 0 Å². The van der Waals surface area contributed by atoms with Crippen molar-refractivity contribution in [3.63, 3.8) is 0 Å². The minimum absolute atomic E-state index is 0.0851. The number of H-pyrrole nitrogens is 1. The fraction of sp³-hybridized carbons (Fsp3) is 0.333. The van der Waals surface area contributed by atoms with Crippen molar-refractivity contribution in [1.29, 1.82) is 0 Å². The van der Waals surface area contributed by atoms with Gasteiger partial charge in [-0.15, -0.1) is 0 Å². The molecule has 0 bridgehead atoms. The predicted molar refractivity (Wildman–Crippen MR) is 90.2 cm³/mol. The summed E-state index contributed by atoms with van der Waals surface area (Å²) in [5.74, 6) is 0. The Labute approximate surface area is 155 Å². The van der Waals surface area contributed by atoms with Gasteiger partial charge in [-0.2, -0.15) is 0 Å². The van der Waals surface area contributed by atoms with E-state index in [-0.39, 0.29) is 27.0 Å². The first-order chi connectivity index (χ1) is 12.2. The molecular weight excluding hydrogens is 459 g/mol. The number of hydrogen-bond acceptors (Lipinski definition) is 6. The predicted octanol–water partition coefficient (Wildman–Crippen LogP) is -3.99. The summed E-state index contributed by atoms with van der Waals surface area (Å²) in [5.41, 5.74) is -3.51. The number of benzene rings is 2. The van der Waals surface area contributed by atoms with Crippen LogP contribution in [0.3, 0.4) is 0 Å². The Kier molecular flexibility index (Phi) is 4.62. The molecule has 1 heterocycles. The van der Waals surface area contributed by atoms with Crippen LogP contribution in [0.15, 0.2) is 31.3 Å². The van der Waals surface area contributed by atoms with Crippen LogP contribution in [-0.2, 0) is 6.54 Å². The molecule has 1 unspecified atom stereocenters. The van der Waals surface area contributed by atoms with Gasteiger partial charge in [-0.25, -0.2) is 0 Å². The fourth-order valence-electron chi connectivity index (χ4n) is 2.88. The number of quaternary nitrogens is 1. The third-order valence-electron chi connectivity index (χ3n) is 4.25. The van der Waals surface area contributed by atoms with Crippen LogP contribution in [-0.4, -0.2) is 41.3 Å². The van der Waals surface area contributed by atoms with Gasteiger partial charge in [0.25, 0.3) is 0 Å². The van der Waals surface area contributed by atoms with Gasteiger partial charge < -0.3 is 0 Å². The molecule has 10 nitrogen and oxygen atoms in total. The van der Waals surface area contributed by atoms with Gasteiger partial charge in [0.2, 0.25) is 0 Å². The molecule has 2 aromatic carbocycles. The Morgan fingerprint density at radius 3 is 2.31 bits per heavy atom. The second kappa shape index (κ2) is 6.48. The molecule has 0 saturated carbocycles. The van der Waals surface area contributed by atoms with Gasteiger partial charge in [0, 0.05) is 0 Å². The maximum atomic E-state index is 12.8. The fourth-order valence-corrected chi connectivity index (χ4v) is 3.70. The Balaban J connectivity index is 2.24. The zero-order chi connectivity index (χ0) is 19.2. The Morgan fingerprint density at radius 2 is 1.73 bits per heavy atom. The molecule has 0 aliphatic rings. The summed E-state index contributed by atoms with van der Waals surface area (Å²) in [6.07, 6.45) is 0.350. The average molecular weight is 475 g/mol. The molecule has 0 fully saturated rings. The van der Waals surface area contributed by atoms with Gasteiger partial charge in [-0.05, 0) is 0 Å². The molecule has 26 heavy (non-hydrogen) atoms. The topological polar surface area (TPSA) is 137 Å². The first-order valence-electron chi connectivity index (χ1n) is 7.63. The third kappa shape index (κ3) is 2.91. The summed E-state index contributed by atoms with van der Waals surface area (Å²) in [5, 5.41) is 23.4. The number of fused-ring (bicyclic) bond motifs is 2. The Morgan fingerprint density at radius 1 is 1.15 bits per heavy atom. The number of nitrogens with one attached hydrogen (secondary N) is 1. The van der Waals surface area contributed by atoms with Crippen molar-refractivity contribution in [2.45, 2.75) is 13.0 Å². The zero-order valence-electron chi connectivity index (χ0n) is 14.0. The molecule has 0 aliphatic carbocycles. The quantitative estimate of drug-likeness (QED) is 0.127. The summed E-state index contributed by atoms with van der Waals surface area (Å²) in [6, 6.07) is 1.90. The number of halogens is 1. The molecule has 1 aromatic heterocycles. The molecule has 1 atom stereocenters. The van der Waals surface area contributed by atoms with Crippen LogP contribution in [0.5, 0.6) is 0 Å². The van der Waals surface area contributed by atoms with Gasteiger partial charge in [0.1, 0.15) is 0 Å². The van der Waals surface area contributed by atoms with E-state index in [0.717, 1.165) is 16.8 Å². The van der Waals surface area contributed by atoms with Crippen molar-refractivity contribution in [3.8, 4) is 0 Å². The monoisotopic (exact) mass is 475 g/mol. The van der Waals surface area contributed by atoms with Crippen molar-refractivity contribution >= 4 is 21.8 Å². The van der Waals surface area contributed by atoms with E-state index in [4.69, 9.17) is 0 Å². The van der Waals surface area contributed by atoms with E-state index in [1.165, 1.54) is 0 Å². The van der Waals surface area contributed by atoms with E-state index < -0.39 is 54.0 Å². The SMILES string of the molecule is C[I-][N+](C)([O-])CCCn1c2c(=O)c3c(=O)ccc(=O)c3c(=O)c2[nH]n1O. The number of nitrogens with zero attached hydrogens (tertiary/aromatic N) is 3. The van der Waals surface area contributed by atoms with Gasteiger partial charge >= 0.3 is 156 Å². The van der Waals surface area contributed by atoms with Crippen LogP contribution < -0.4 is 43.2 Å². The molecule has 140 valence electrons. The van der Waals surface area contributed by atoms with Crippen LogP contribution in [0, 0.1) is 5.21 Å². The van der Waals surface area contributed by atoms with Crippen molar-refractivity contribution in [2.75, 3.05) is 18.5 Å². The van der Waals surface area contributed by atoms with E-state index in [0.29, 0.717) is 11.4 Å². The van der Waals surface area contributed by atoms with Crippen LogP contribution in [0.4, 0.5) is 0 Å². The van der Waals surface area contributed by atoms with Gasteiger partial charge in [-0.3, -0.25) is 0 Å². The first-order valence-corrected chi connectivity index (χ1v) is 10.8. The van der Waals surface area contributed by atoms with Crippen LogP contribution in [0.2, 0.25) is 0 Å². The number of hydrogen-bond donors (Lipinski definition) is 2. The second-order valence-electron chi connectivity index (χ2n) is 5.95. The molecule has 3 aromatic rings. The van der Waals surface area contributed by atoms with Crippen LogP contribution in [0.25, 0.3) is 21.8 Å². The minimum atomic E-state index is -0.817. The Hall–Kier alpha value is -2.25. The first kappa shape index (κ1) is 18.5. The molecule has 3 rings (SSSR count). The Bertz CT molecular complexity index is 1230. The van der Waals surface area contributed by atoms with E-state index in [1.807, 2.05) is 4.93 Å². The van der Waals surface area contributed by atoms with Crippen molar-refractivity contribution < 1.29 is 29.5 Å². The van der Waals surface area contributed by atoms with Crippen LogP contribution in [0.1, 0.15) is 6.42 Å². The molecule has 0 radical (unpaired) electrons. The number of hydroxylamine groups is 2. The standard InChI is InChI=1S/C15H16IN4O6/c1-16-20(2,26)7-3-6-18-13-12(17-19(18)25)14(23)10-8(21)4-5-9(22)11(10)15(13)24/h4-5,17,25H,3,6-7H2,1-2H3/q-1. The summed E-state index contributed by atoms with van der Waals surface area (Å²) >= 11 is -0.589. The van der Waals surface area contributed by atoms with Crippen molar-refractivity contribution in [1.82, 2.24) is 14.7 Å². The molecule has 0 amide bonds. The summed E-state index contributed by atoms with van der Waals surface area (Å²) in [7, 11) is 1.56. The normalized spacial score (nSPS) is 14.3. The number of alkyl halides is 1. The molecule has 0 aliphatic heterocycles. The van der Waals surface area contributed by atoms with E-state index in [9.17, 15) is 29.6 Å². The van der Waals surface area contributed by atoms with Crippen LogP contribution >= 0.6 is 0 Å². The number of aromatic amines is 1.